The molecule has 3 aromatic rings. The van der Waals surface area contributed by atoms with Gasteiger partial charge >= 0.3 is 0 Å². The van der Waals surface area contributed by atoms with Crippen molar-refractivity contribution >= 4 is 17.7 Å². The van der Waals surface area contributed by atoms with E-state index < -0.39 is 0 Å². The fourth-order valence-corrected chi connectivity index (χ4v) is 3.15. The molecule has 27 heavy (non-hydrogen) atoms. The van der Waals surface area contributed by atoms with Gasteiger partial charge in [0.25, 0.3) is 5.91 Å². The van der Waals surface area contributed by atoms with E-state index in [0.29, 0.717) is 12.3 Å². The van der Waals surface area contributed by atoms with E-state index in [9.17, 15) is 4.79 Å². The van der Waals surface area contributed by atoms with Crippen LogP contribution >= 0.6 is 11.8 Å². The van der Waals surface area contributed by atoms with Gasteiger partial charge in [-0.05, 0) is 36.8 Å². The van der Waals surface area contributed by atoms with Crippen LogP contribution in [0.2, 0.25) is 0 Å². The zero-order valence-corrected chi connectivity index (χ0v) is 16.0. The molecular weight excluding hydrogens is 360 g/mol. The van der Waals surface area contributed by atoms with Gasteiger partial charge in [-0.3, -0.25) is 4.79 Å². The van der Waals surface area contributed by atoms with Crippen molar-refractivity contribution in [3.63, 3.8) is 0 Å². The molecule has 0 bridgehead atoms. The summed E-state index contributed by atoms with van der Waals surface area (Å²) in [6.07, 6.45) is 3.79. The number of carbonyl (C=O) groups excluding carboxylic acids is 1. The standard InChI is InChI=1S/C21H22N2O3S/c1-27-20-12-6-5-11-19(20)25-15-17-14-18(23-26-17)21(24)22-13-7-10-16-8-3-2-4-9-16/h2-6,8-9,11-12,14H,7,10,13,15H2,1H3,(H,22,24). The van der Waals surface area contributed by atoms with Gasteiger partial charge in [-0.1, -0.05) is 47.6 Å². The minimum Gasteiger partial charge on any atom is -0.484 e. The Bertz CT molecular complexity index is 865. The molecule has 3 rings (SSSR count). The van der Waals surface area contributed by atoms with Crippen LogP contribution in [0.5, 0.6) is 5.75 Å². The number of amides is 1. The average Bonchev–Trinajstić information content (AvgIpc) is 3.19. The number of benzene rings is 2. The van der Waals surface area contributed by atoms with Crippen LogP contribution in [-0.2, 0) is 13.0 Å². The van der Waals surface area contributed by atoms with E-state index in [4.69, 9.17) is 9.26 Å². The number of aryl methyl sites for hydroxylation is 1. The number of nitrogens with one attached hydrogen (secondary N) is 1. The lowest BCUT2D eigenvalue weighted by Crippen LogP contribution is -2.25. The van der Waals surface area contributed by atoms with E-state index in [0.717, 1.165) is 23.5 Å². The average molecular weight is 382 g/mol. The second kappa shape index (κ2) is 9.83. The zero-order chi connectivity index (χ0) is 18.9. The van der Waals surface area contributed by atoms with E-state index in [2.05, 4.69) is 22.6 Å². The third-order valence-electron chi connectivity index (χ3n) is 4.00. The second-order valence-corrected chi connectivity index (χ2v) is 6.81. The Kier molecular flexibility index (Phi) is 6.93. The molecule has 1 N–H and O–H groups in total. The first kappa shape index (κ1) is 19.0. The van der Waals surface area contributed by atoms with E-state index in [-0.39, 0.29) is 18.2 Å². The van der Waals surface area contributed by atoms with Crippen LogP contribution in [0.4, 0.5) is 0 Å². The second-order valence-electron chi connectivity index (χ2n) is 5.96. The van der Waals surface area contributed by atoms with E-state index in [1.165, 1.54) is 5.56 Å². The van der Waals surface area contributed by atoms with Gasteiger partial charge < -0.3 is 14.6 Å². The number of thioether (sulfide) groups is 1. The lowest BCUT2D eigenvalue weighted by molar-refractivity contribution is 0.0944. The van der Waals surface area contributed by atoms with Crippen LogP contribution in [0.1, 0.15) is 28.2 Å². The van der Waals surface area contributed by atoms with Gasteiger partial charge in [-0.15, -0.1) is 11.8 Å². The number of hydrogen-bond acceptors (Lipinski definition) is 5. The highest BCUT2D eigenvalue weighted by Crippen LogP contribution is 2.27. The van der Waals surface area contributed by atoms with Gasteiger partial charge in [0.15, 0.2) is 11.5 Å². The summed E-state index contributed by atoms with van der Waals surface area (Å²) < 4.78 is 11.0. The zero-order valence-electron chi connectivity index (χ0n) is 15.2. The van der Waals surface area contributed by atoms with Crippen LogP contribution in [0.15, 0.2) is 70.1 Å². The van der Waals surface area contributed by atoms with Crippen LogP contribution in [0, 0.1) is 0 Å². The molecule has 0 saturated carbocycles. The Labute approximate surface area is 163 Å². The number of hydrogen-bond donors (Lipinski definition) is 1. The molecule has 0 saturated heterocycles. The number of carbonyl (C=O) groups is 1. The predicted molar refractivity (Wildman–Crippen MR) is 106 cm³/mol. The van der Waals surface area contributed by atoms with Crippen molar-refractivity contribution in [2.24, 2.45) is 0 Å². The summed E-state index contributed by atoms with van der Waals surface area (Å²) in [5, 5.41) is 6.70. The molecule has 0 spiro atoms. The summed E-state index contributed by atoms with van der Waals surface area (Å²) in [5.74, 6) is 1.07. The fraction of sp³-hybridized carbons (Fsp3) is 0.238. The number of ether oxygens (including phenoxy) is 1. The quantitative estimate of drug-likeness (QED) is 0.441. The van der Waals surface area contributed by atoms with Crippen LogP contribution in [0.25, 0.3) is 0 Å². The lowest BCUT2D eigenvalue weighted by atomic mass is 10.1. The molecule has 2 aromatic carbocycles. The van der Waals surface area contributed by atoms with Crippen molar-refractivity contribution in [2.75, 3.05) is 12.8 Å². The minimum absolute atomic E-state index is 0.228. The van der Waals surface area contributed by atoms with Crippen molar-refractivity contribution < 1.29 is 14.1 Å². The summed E-state index contributed by atoms with van der Waals surface area (Å²) in [4.78, 5) is 13.2. The molecule has 0 aliphatic heterocycles. The summed E-state index contributed by atoms with van der Waals surface area (Å²) >= 11 is 1.61. The van der Waals surface area contributed by atoms with Gasteiger partial charge in [0.05, 0.1) is 0 Å². The third kappa shape index (κ3) is 5.62. The Morgan fingerprint density at radius 3 is 2.74 bits per heavy atom. The molecule has 0 aliphatic rings. The molecule has 0 aliphatic carbocycles. The highest BCUT2D eigenvalue weighted by Gasteiger charge is 2.13. The van der Waals surface area contributed by atoms with Crippen molar-refractivity contribution in [2.45, 2.75) is 24.3 Å². The molecule has 0 radical (unpaired) electrons. The maximum absolute atomic E-state index is 12.2. The molecule has 5 nitrogen and oxygen atoms in total. The monoisotopic (exact) mass is 382 g/mol. The fourth-order valence-electron chi connectivity index (χ4n) is 2.60. The van der Waals surface area contributed by atoms with Crippen molar-refractivity contribution in [3.8, 4) is 5.75 Å². The molecular formula is C21H22N2O3S. The first-order valence-corrected chi connectivity index (χ1v) is 10.0. The SMILES string of the molecule is CSc1ccccc1OCc1cc(C(=O)NCCCc2ccccc2)no1. The molecule has 0 fully saturated rings. The van der Waals surface area contributed by atoms with Crippen molar-refractivity contribution in [1.29, 1.82) is 0 Å². The number of para-hydroxylation sites is 1. The topological polar surface area (TPSA) is 64.4 Å². The summed E-state index contributed by atoms with van der Waals surface area (Å²) in [6.45, 7) is 0.819. The maximum Gasteiger partial charge on any atom is 0.273 e. The van der Waals surface area contributed by atoms with E-state index in [1.54, 1.807) is 17.8 Å². The molecule has 1 amide bonds. The van der Waals surface area contributed by atoms with Crippen LogP contribution in [0.3, 0.4) is 0 Å². The Hall–Kier alpha value is -2.73. The smallest absolute Gasteiger partial charge is 0.273 e. The van der Waals surface area contributed by atoms with E-state index >= 15 is 0 Å². The molecule has 1 heterocycles. The molecule has 0 unspecified atom stereocenters. The van der Waals surface area contributed by atoms with Crippen LogP contribution < -0.4 is 10.1 Å². The normalized spacial score (nSPS) is 10.6. The largest absolute Gasteiger partial charge is 0.484 e. The highest BCUT2D eigenvalue weighted by molar-refractivity contribution is 7.98. The van der Waals surface area contributed by atoms with E-state index in [1.807, 2.05) is 48.7 Å². The minimum atomic E-state index is -0.234. The molecule has 140 valence electrons. The van der Waals surface area contributed by atoms with Crippen molar-refractivity contribution in [3.05, 3.63) is 77.7 Å². The third-order valence-corrected chi connectivity index (χ3v) is 4.78. The van der Waals surface area contributed by atoms with Gasteiger partial charge in [-0.25, -0.2) is 0 Å². The number of rotatable bonds is 9. The molecule has 1 aromatic heterocycles. The molecule has 6 heteroatoms. The summed E-state index contributed by atoms with van der Waals surface area (Å²) in [6, 6.07) is 19.6. The first-order valence-electron chi connectivity index (χ1n) is 8.80. The Morgan fingerprint density at radius 1 is 1.15 bits per heavy atom. The van der Waals surface area contributed by atoms with Crippen LogP contribution in [-0.4, -0.2) is 23.9 Å². The summed E-state index contributed by atoms with van der Waals surface area (Å²) in [5.41, 5.74) is 1.53. The van der Waals surface area contributed by atoms with Gasteiger partial charge in [0.2, 0.25) is 0 Å². The highest BCUT2D eigenvalue weighted by atomic mass is 32.2. The summed E-state index contributed by atoms with van der Waals surface area (Å²) in [7, 11) is 0. The van der Waals surface area contributed by atoms with Gasteiger partial charge in [0.1, 0.15) is 12.4 Å². The molecule has 0 atom stereocenters. The number of nitrogens with zero attached hydrogens (tertiary/aromatic N) is 1. The van der Waals surface area contributed by atoms with Crippen molar-refractivity contribution in [1.82, 2.24) is 10.5 Å². The maximum atomic E-state index is 12.2. The Balaban J connectivity index is 1.44. The predicted octanol–water partition coefficient (Wildman–Crippen LogP) is 4.34. The first-order chi connectivity index (χ1) is 13.3. The Morgan fingerprint density at radius 2 is 1.93 bits per heavy atom. The van der Waals surface area contributed by atoms with Gasteiger partial charge in [-0.2, -0.15) is 0 Å². The van der Waals surface area contributed by atoms with Gasteiger partial charge in [0, 0.05) is 17.5 Å². The lowest BCUT2D eigenvalue weighted by Gasteiger charge is -2.07. The number of aromatic nitrogens is 1.